The molecule has 1 amide bonds. The van der Waals surface area contributed by atoms with E-state index in [2.05, 4.69) is 41.1 Å². The van der Waals surface area contributed by atoms with Gasteiger partial charge in [-0.3, -0.25) is 14.7 Å². The Kier molecular flexibility index (Phi) is 6.24. The van der Waals surface area contributed by atoms with Gasteiger partial charge in [-0.25, -0.2) is 0 Å². The Morgan fingerprint density at radius 2 is 2.00 bits per heavy atom. The van der Waals surface area contributed by atoms with Crippen LogP contribution >= 0.6 is 15.9 Å². The quantitative estimate of drug-likeness (QED) is 0.556. The first-order valence-electron chi connectivity index (χ1n) is 9.85. The van der Waals surface area contributed by atoms with E-state index in [1.54, 1.807) is 12.4 Å². The first-order chi connectivity index (χ1) is 14.5. The molecule has 0 atom stereocenters. The van der Waals surface area contributed by atoms with Gasteiger partial charge in [0, 0.05) is 43.0 Å². The highest BCUT2D eigenvalue weighted by atomic mass is 79.9. The monoisotopic (exact) mass is 474 g/mol. The second-order valence-electron chi connectivity index (χ2n) is 7.41. The molecule has 3 aromatic heterocycles. The van der Waals surface area contributed by atoms with E-state index in [0.29, 0.717) is 37.0 Å². The molecule has 0 radical (unpaired) electrons. The lowest BCUT2D eigenvalue weighted by Gasteiger charge is -2.21. The van der Waals surface area contributed by atoms with Gasteiger partial charge in [-0.15, -0.1) is 0 Å². The summed E-state index contributed by atoms with van der Waals surface area (Å²) in [6.45, 7) is 7.30. The van der Waals surface area contributed by atoms with Crippen LogP contribution in [0.3, 0.4) is 0 Å². The molecule has 0 aliphatic carbocycles. The van der Waals surface area contributed by atoms with E-state index >= 15 is 0 Å². The van der Waals surface area contributed by atoms with Crippen molar-refractivity contribution in [2.75, 3.05) is 26.2 Å². The predicted molar refractivity (Wildman–Crippen MR) is 111 cm³/mol. The molecule has 30 heavy (non-hydrogen) atoms. The van der Waals surface area contributed by atoms with Gasteiger partial charge in [0.15, 0.2) is 5.82 Å². The van der Waals surface area contributed by atoms with Crippen LogP contribution in [0.25, 0.3) is 11.5 Å². The van der Waals surface area contributed by atoms with Crippen molar-refractivity contribution in [1.82, 2.24) is 30.1 Å². The Morgan fingerprint density at radius 3 is 2.77 bits per heavy atom. The van der Waals surface area contributed by atoms with Crippen molar-refractivity contribution >= 4 is 21.8 Å². The highest BCUT2D eigenvalue weighted by Crippen LogP contribution is 2.25. The number of hydrogen-bond acceptors (Lipinski definition) is 8. The third kappa shape index (κ3) is 4.76. The zero-order valence-electron chi connectivity index (χ0n) is 17.0. The van der Waals surface area contributed by atoms with Gasteiger partial charge in [-0.05, 0) is 47.8 Å². The summed E-state index contributed by atoms with van der Waals surface area (Å²) in [5.74, 6) is 1.82. The summed E-state index contributed by atoms with van der Waals surface area (Å²) in [6.07, 6.45) is 4.71. The van der Waals surface area contributed by atoms with E-state index in [0.717, 1.165) is 47.3 Å². The van der Waals surface area contributed by atoms with Crippen LogP contribution in [0.5, 0.6) is 0 Å². The number of nitrogens with zero attached hydrogens (tertiary/aromatic N) is 6. The number of pyridine rings is 1. The van der Waals surface area contributed by atoms with Crippen molar-refractivity contribution in [2.45, 2.75) is 33.2 Å². The van der Waals surface area contributed by atoms with E-state index < -0.39 is 0 Å². The molecule has 4 heterocycles. The average molecular weight is 475 g/mol. The number of amides is 1. The molecule has 0 aromatic carbocycles. The summed E-state index contributed by atoms with van der Waals surface area (Å²) in [4.78, 5) is 25.5. The fraction of sp³-hybridized carbons (Fsp3) is 0.450. The Hall–Kier alpha value is -2.59. The summed E-state index contributed by atoms with van der Waals surface area (Å²) in [6, 6.07) is 1.93. The molecule has 1 aliphatic rings. The van der Waals surface area contributed by atoms with E-state index in [1.807, 2.05) is 24.8 Å². The van der Waals surface area contributed by atoms with Crippen LogP contribution in [0.4, 0.5) is 0 Å². The van der Waals surface area contributed by atoms with Crippen LogP contribution in [-0.2, 0) is 17.8 Å². The fourth-order valence-electron chi connectivity index (χ4n) is 3.63. The van der Waals surface area contributed by atoms with Crippen LogP contribution in [0.1, 0.15) is 29.3 Å². The lowest BCUT2D eigenvalue weighted by molar-refractivity contribution is -0.130. The zero-order chi connectivity index (χ0) is 21.1. The molecule has 3 aromatic rings. The van der Waals surface area contributed by atoms with E-state index in [-0.39, 0.29) is 5.91 Å². The molecule has 0 bridgehead atoms. The topological polar surface area (TPSA) is 101 Å². The summed E-state index contributed by atoms with van der Waals surface area (Å²) in [5.41, 5.74) is 2.39. The second kappa shape index (κ2) is 9.05. The summed E-state index contributed by atoms with van der Waals surface area (Å²) in [5, 5.41) is 8.04. The van der Waals surface area contributed by atoms with Gasteiger partial charge in [0.05, 0.1) is 18.7 Å². The zero-order valence-corrected chi connectivity index (χ0v) is 18.6. The molecule has 0 unspecified atom stereocenters. The number of rotatable bonds is 5. The van der Waals surface area contributed by atoms with Crippen molar-refractivity contribution in [2.24, 2.45) is 0 Å². The highest BCUT2D eigenvalue weighted by Gasteiger charge is 2.22. The van der Waals surface area contributed by atoms with Gasteiger partial charge < -0.3 is 13.9 Å². The SMILES string of the molecule is Cc1noc(C)c1-c1nc(CN2CCCN(C(=O)Cc3cncc(Br)c3)CC2)no1. The van der Waals surface area contributed by atoms with E-state index in [4.69, 9.17) is 9.05 Å². The predicted octanol–water partition coefficient (Wildman–Crippen LogP) is 2.78. The first-order valence-corrected chi connectivity index (χ1v) is 10.6. The van der Waals surface area contributed by atoms with Crippen LogP contribution in [0.2, 0.25) is 0 Å². The molecular formula is C20H23BrN6O3. The maximum absolute atomic E-state index is 12.7. The minimum absolute atomic E-state index is 0.122. The third-order valence-electron chi connectivity index (χ3n) is 5.14. The minimum atomic E-state index is 0.122. The van der Waals surface area contributed by atoms with Crippen molar-refractivity contribution in [3.05, 3.63) is 45.8 Å². The lowest BCUT2D eigenvalue weighted by Crippen LogP contribution is -2.36. The molecule has 1 fully saturated rings. The van der Waals surface area contributed by atoms with Gasteiger partial charge in [-0.2, -0.15) is 4.98 Å². The minimum Gasteiger partial charge on any atom is -0.361 e. The molecule has 0 spiro atoms. The smallest absolute Gasteiger partial charge is 0.263 e. The molecule has 1 saturated heterocycles. The third-order valence-corrected chi connectivity index (χ3v) is 5.57. The number of hydrogen-bond donors (Lipinski definition) is 0. The maximum atomic E-state index is 12.7. The maximum Gasteiger partial charge on any atom is 0.263 e. The van der Waals surface area contributed by atoms with Crippen molar-refractivity contribution in [3.63, 3.8) is 0 Å². The van der Waals surface area contributed by atoms with Crippen LogP contribution in [0, 0.1) is 13.8 Å². The highest BCUT2D eigenvalue weighted by molar-refractivity contribution is 9.10. The standard InChI is InChI=1S/C20H23BrN6O3/c1-13-19(14(2)29-24-13)20-23-17(25-30-20)12-26-4-3-5-27(7-6-26)18(28)9-15-8-16(21)11-22-10-15/h8,10-11H,3-7,9,12H2,1-2H3. The number of aryl methyl sites for hydroxylation is 2. The normalized spacial score (nSPS) is 15.4. The van der Waals surface area contributed by atoms with Crippen molar-refractivity contribution in [3.8, 4) is 11.5 Å². The van der Waals surface area contributed by atoms with Gasteiger partial charge in [-0.1, -0.05) is 10.3 Å². The second-order valence-corrected chi connectivity index (χ2v) is 8.33. The number of aromatic nitrogens is 4. The van der Waals surface area contributed by atoms with Gasteiger partial charge in [0.2, 0.25) is 5.91 Å². The first kappa shape index (κ1) is 20.7. The van der Waals surface area contributed by atoms with Crippen LogP contribution < -0.4 is 0 Å². The van der Waals surface area contributed by atoms with Crippen LogP contribution in [0.15, 0.2) is 32.0 Å². The van der Waals surface area contributed by atoms with Gasteiger partial charge in [0.1, 0.15) is 11.3 Å². The Labute approximate surface area is 182 Å². The number of carbonyl (C=O) groups is 1. The Morgan fingerprint density at radius 1 is 1.13 bits per heavy atom. The van der Waals surface area contributed by atoms with Crippen LogP contribution in [-0.4, -0.2) is 62.2 Å². The molecule has 1 aliphatic heterocycles. The lowest BCUT2D eigenvalue weighted by atomic mass is 10.2. The summed E-state index contributed by atoms with van der Waals surface area (Å²) >= 11 is 3.40. The number of halogens is 1. The largest absolute Gasteiger partial charge is 0.361 e. The van der Waals surface area contributed by atoms with E-state index in [9.17, 15) is 4.79 Å². The van der Waals surface area contributed by atoms with Gasteiger partial charge in [0.25, 0.3) is 5.89 Å². The molecule has 0 saturated carbocycles. The van der Waals surface area contributed by atoms with Crippen molar-refractivity contribution < 1.29 is 13.8 Å². The van der Waals surface area contributed by atoms with E-state index in [1.165, 1.54) is 0 Å². The molecule has 0 N–H and O–H groups in total. The Balaban J connectivity index is 1.34. The van der Waals surface area contributed by atoms with Gasteiger partial charge >= 0.3 is 0 Å². The summed E-state index contributed by atoms with van der Waals surface area (Å²) < 4.78 is 11.5. The molecule has 10 heteroatoms. The average Bonchev–Trinajstić information content (AvgIpc) is 3.20. The number of carbonyl (C=O) groups excluding carboxylic acids is 1. The Bertz CT molecular complexity index is 1010. The summed E-state index contributed by atoms with van der Waals surface area (Å²) in [7, 11) is 0. The molecular weight excluding hydrogens is 452 g/mol. The molecule has 4 rings (SSSR count). The molecule has 158 valence electrons. The molecule has 9 nitrogen and oxygen atoms in total. The van der Waals surface area contributed by atoms with Crippen molar-refractivity contribution in [1.29, 1.82) is 0 Å². The fourth-order valence-corrected chi connectivity index (χ4v) is 4.04.